The molecular weight excluding hydrogens is 1360 g/mol. The van der Waals surface area contributed by atoms with Crippen LogP contribution in [0.5, 0.6) is 0 Å². The molecule has 12 amide bonds. The lowest BCUT2D eigenvalue weighted by Crippen LogP contribution is -2.65. The molecule has 31 heteroatoms. The average molecular weight is 1460 g/mol. The zero-order valence-corrected chi connectivity index (χ0v) is 62.3. The fourth-order valence-electron chi connectivity index (χ4n) is 14.1. The molecule has 1 unspecified atom stereocenters. The van der Waals surface area contributed by atoms with E-state index in [1.807, 2.05) is 0 Å². The summed E-state index contributed by atoms with van der Waals surface area (Å²) in [6, 6.07) is -7.06. The maximum absolute atomic E-state index is 14.9. The van der Waals surface area contributed by atoms with Crippen LogP contribution < -0.4 is 16.0 Å². The smallest absolute Gasteiger partial charge is 0.354 e. The van der Waals surface area contributed by atoms with Crippen LogP contribution >= 0.6 is 11.6 Å². The molecule has 101 heavy (non-hydrogen) atoms. The number of halogens is 4. The molecule has 3 N–H and O–H groups in total. The number of likely N-dealkylation sites (tertiary alicyclic amines) is 1. The van der Waals surface area contributed by atoms with Gasteiger partial charge in [0.25, 0.3) is 5.91 Å². The number of alkyl halides is 3. The van der Waals surface area contributed by atoms with Crippen LogP contribution in [0.4, 0.5) is 13.2 Å². The lowest BCUT2D eigenvalue weighted by atomic mass is 9.84. The van der Waals surface area contributed by atoms with Gasteiger partial charge in [-0.3, -0.25) is 57.5 Å². The molecule has 0 aromatic heterocycles. The second kappa shape index (κ2) is 36.7. The minimum atomic E-state index is -4.76. The number of hydrogen-bond acceptors (Lipinski definition) is 14. The van der Waals surface area contributed by atoms with Crippen molar-refractivity contribution in [2.75, 3.05) is 93.6 Å². The average Bonchev–Trinajstić information content (AvgIpc) is 1.08. The zero-order valence-electron chi connectivity index (χ0n) is 60.7. The van der Waals surface area contributed by atoms with Crippen molar-refractivity contribution in [3.8, 4) is 0 Å². The number of carbonyl (C=O) groups excluding carboxylic acids is 12. The predicted molar refractivity (Wildman–Crippen MR) is 371 cm³/mol. The topological polar surface area (TPSA) is 304 Å². The van der Waals surface area contributed by atoms with E-state index in [1.165, 1.54) is 81.0 Å². The largest absolute Gasteiger partial charge is 0.417 e. The van der Waals surface area contributed by atoms with Gasteiger partial charge in [0, 0.05) is 87.7 Å². The number of amides is 12. The van der Waals surface area contributed by atoms with Crippen LogP contribution in [0.3, 0.4) is 0 Å². The molecule has 1 aliphatic carbocycles. The molecule has 6 rings (SSSR count). The van der Waals surface area contributed by atoms with Gasteiger partial charge in [0.1, 0.15) is 63.9 Å². The summed E-state index contributed by atoms with van der Waals surface area (Å²) in [6.07, 6.45) is 4.18. The van der Waals surface area contributed by atoms with Gasteiger partial charge in [0.05, 0.1) is 29.3 Å². The highest BCUT2D eigenvalue weighted by molar-refractivity contribution is 7.90. The van der Waals surface area contributed by atoms with E-state index in [0.29, 0.717) is 38.8 Å². The summed E-state index contributed by atoms with van der Waals surface area (Å²) >= 11 is 6.08. The fraction of sp³-hybridized carbons (Fsp3) is 0.714. The second-order valence-corrected chi connectivity index (χ2v) is 31.2. The van der Waals surface area contributed by atoms with Crippen LogP contribution in [-0.4, -0.2) is 265 Å². The summed E-state index contributed by atoms with van der Waals surface area (Å²) in [7, 11) is 4.43. The number of piperidine rings is 1. The van der Waals surface area contributed by atoms with E-state index in [4.69, 9.17) is 11.6 Å². The van der Waals surface area contributed by atoms with Crippen LogP contribution in [0.1, 0.15) is 161 Å². The quantitative estimate of drug-likeness (QED) is 0.259. The van der Waals surface area contributed by atoms with E-state index >= 15 is 0 Å². The molecule has 1 aromatic carbocycles. The standard InChI is InChI=1S/C70H106ClF3N12O14S/c1-13-44(4)59-68(97)79(7)45(5)63(92)86-37-31-53(86)66(95)81(9)54(40-46-23-16-14-17-24-46)65(94)78(6)42-56(87)76-50(30-28-47-27-29-48(49(71)39-47)70(72,73)74)64(93)85-36-22-25-52(85)61(90)75-33-19-18-26-57(88)83(11)60(43(2)3)69(98)82(10)55(67(96)84-34-20-15-21-35-84)41-58(89)80(8)51(62(91)77-59)32-38-101(12,99)100/h27,29-30,39,43-46,51-55,59-60H,13-26,28,31-38,40-42H2,1-12H3,(H,75,90)(H,76,87)(H,77,91)/b50-30+/t44-,45-,51?,52-,53-,54-,55-,59-,60-/m0/s1. The van der Waals surface area contributed by atoms with Crippen molar-refractivity contribution >= 4 is 92.3 Å². The molecule has 564 valence electrons. The monoisotopic (exact) mass is 1460 g/mol. The molecule has 1 aromatic rings. The lowest BCUT2D eigenvalue weighted by Gasteiger charge is -2.45. The lowest BCUT2D eigenvalue weighted by molar-refractivity contribution is -0.160. The van der Waals surface area contributed by atoms with Gasteiger partial charge in [-0.2, -0.15) is 13.2 Å². The van der Waals surface area contributed by atoms with Gasteiger partial charge in [-0.1, -0.05) is 90.0 Å². The molecule has 4 saturated heterocycles. The minimum Gasteiger partial charge on any atom is -0.354 e. The summed E-state index contributed by atoms with van der Waals surface area (Å²) in [6.45, 7) is 8.53. The van der Waals surface area contributed by atoms with Crippen molar-refractivity contribution in [3.05, 3.63) is 46.1 Å². The van der Waals surface area contributed by atoms with Gasteiger partial charge in [0.15, 0.2) is 0 Å². The van der Waals surface area contributed by atoms with Gasteiger partial charge in [-0.05, 0) is 113 Å². The third-order valence-corrected chi connectivity index (χ3v) is 22.2. The van der Waals surface area contributed by atoms with E-state index in [0.717, 1.165) is 76.5 Å². The Balaban J connectivity index is 1.37. The zero-order chi connectivity index (χ0) is 75.1. The molecule has 4 heterocycles. The molecule has 26 nitrogen and oxygen atoms in total. The Kier molecular flexibility index (Phi) is 30.0. The maximum Gasteiger partial charge on any atom is 0.417 e. The summed E-state index contributed by atoms with van der Waals surface area (Å²) < 4.78 is 66.9. The highest BCUT2D eigenvalue weighted by Crippen LogP contribution is 2.36. The second-order valence-electron chi connectivity index (χ2n) is 28.5. The highest BCUT2D eigenvalue weighted by Gasteiger charge is 2.47. The highest BCUT2D eigenvalue weighted by atomic mass is 35.5. The summed E-state index contributed by atoms with van der Waals surface area (Å²) in [5, 5.41) is 7.60. The van der Waals surface area contributed by atoms with E-state index in [-0.39, 0.29) is 81.8 Å². The van der Waals surface area contributed by atoms with Crippen molar-refractivity contribution in [2.24, 2.45) is 17.8 Å². The first kappa shape index (κ1) is 82.6. The van der Waals surface area contributed by atoms with Crippen LogP contribution in [0.2, 0.25) is 5.02 Å². The maximum atomic E-state index is 14.9. The van der Waals surface area contributed by atoms with E-state index in [2.05, 4.69) is 16.0 Å². The number of benzene rings is 1. The van der Waals surface area contributed by atoms with Gasteiger partial charge in [-0.15, -0.1) is 0 Å². The van der Waals surface area contributed by atoms with E-state index in [9.17, 15) is 79.1 Å². The van der Waals surface area contributed by atoms with Gasteiger partial charge in [-0.25, -0.2) is 8.42 Å². The minimum absolute atomic E-state index is 0.00460. The van der Waals surface area contributed by atoms with Crippen molar-refractivity contribution in [1.82, 2.24) is 60.0 Å². The first-order chi connectivity index (χ1) is 47.4. The predicted octanol–water partition coefficient (Wildman–Crippen LogP) is 4.40. The number of rotatable bonds is 11. The molecular formula is C70H106ClF3N12O14S. The number of nitrogens with one attached hydrogen (secondary N) is 3. The third-order valence-electron chi connectivity index (χ3n) is 20.9. The van der Waals surface area contributed by atoms with Gasteiger partial charge in [0.2, 0.25) is 65.0 Å². The van der Waals surface area contributed by atoms with Gasteiger partial charge < -0.3 is 60.0 Å². The summed E-state index contributed by atoms with van der Waals surface area (Å²) in [5.41, 5.74) is -1.20. The third kappa shape index (κ3) is 21.6. The molecule has 5 fully saturated rings. The fourth-order valence-corrected chi connectivity index (χ4v) is 15.0. The Labute approximate surface area is 597 Å². The van der Waals surface area contributed by atoms with Gasteiger partial charge >= 0.3 is 6.18 Å². The molecule has 9 atom stereocenters. The Morgan fingerprint density at radius 1 is 0.683 bits per heavy atom. The SMILES string of the molecule is CC[C@H](C)[C@@H]1NC(=O)C(CCS(C)(=O)=O)N(C)C(=O)C[C@@H](C(=O)N2CCCCC2)N(C)C(=O)[C@H](C(C)C)N(C)C(=O)CCCCNC(=O)[C@@H]2CCCN2C(=O)/C(=C\Cc2ccc(C(F)(F)F)c(Cl)c2)NC(=O)CN(C)C(=O)[C@H](CC2CCCCC2)N(C)C(=O)[C@@H]2CCN2C(=O)[C@H](C)N(C)C1=O. The summed E-state index contributed by atoms with van der Waals surface area (Å²) in [4.78, 5) is 187. The molecule has 0 spiro atoms. The first-order valence-corrected chi connectivity index (χ1v) is 37.9. The number of carbonyl (C=O) groups is 12. The van der Waals surface area contributed by atoms with Crippen LogP contribution in [0.15, 0.2) is 30.0 Å². The first-order valence-electron chi connectivity index (χ1n) is 35.5. The summed E-state index contributed by atoms with van der Waals surface area (Å²) in [5.74, 6) is -10.00. The Morgan fingerprint density at radius 3 is 1.93 bits per heavy atom. The van der Waals surface area contributed by atoms with E-state index < -0.39 is 183 Å². The molecule has 5 aliphatic rings. The number of sulfone groups is 1. The number of allylic oxidation sites excluding steroid dienone is 1. The molecule has 4 aliphatic heterocycles. The number of nitrogens with zero attached hydrogens (tertiary/aromatic N) is 9. The molecule has 1 saturated carbocycles. The Bertz CT molecular complexity index is 3350. The van der Waals surface area contributed by atoms with Crippen molar-refractivity contribution in [1.29, 1.82) is 0 Å². The normalized spacial score (nSPS) is 26.6. The Hall–Kier alpha value is -7.37. The molecule has 0 radical (unpaired) electrons. The van der Waals surface area contributed by atoms with Crippen molar-refractivity contribution in [3.63, 3.8) is 0 Å². The number of hydrogen-bond donors (Lipinski definition) is 3. The van der Waals surface area contributed by atoms with Crippen molar-refractivity contribution in [2.45, 2.75) is 211 Å². The van der Waals surface area contributed by atoms with Crippen LogP contribution in [0, 0.1) is 17.8 Å². The van der Waals surface area contributed by atoms with Crippen LogP contribution in [0.25, 0.3) is 0 Å². The number of likely N-dealkylation sites (N-methyl/N-ethyl adjacent to an activating group) is 6. The van der Waals surface area contributed by atoms with Crippen LogP contribution in [-0.2, 0) is 80.0 Å². The van der Waals surface area contributed by atoms with E-state index in [1.54, 1.807) is 32.6 Å². The van der Waals surface area contributed by atoms with Crippen molar-refractivity contribution < 1.29 is 79.1 Å². The number of fused-ring (bicyclic) bond motifs is 2. The Morgan fingerprint density at radius 2 is 1.34 bits per heavy atom. The molecule has 0 bridgehead atoms.